The van der Waals surface area contributed by atoms with E-state index in [1.165, 1.54) is 0 Å². The van der Waals surface area contributed by atoms with Crippen molar-refractivity contribution in [2.24, 2.45) is 0 Å². The maximum atomic E-state index is 5.02. The van der Waals surface area contributed by atoms with E-state index in [2.05, 4.69) is 17.1 Å². The summed E-state index contributed by atoms with van der Waals surface area (Å²) < 4.78 is 5.02. The van der Waals surface area contributed by atoms with Gasteiger partial charge in [0.2, 0.25) is 0 Å². The lowest BCUT2D eigenvalue weighted by molar-refractivity contribution is 0.425. The zero-order valence-electron chi connectivity index (χ0n) is 7.32. The average Bonchev–Trinajstić information content (AvgIpc) is 2.52. The van der Waals surface area contributed by atoms with Crippen molar-refractivity contribution in [2.45, 2.75) is 6.92 Å². The van der Waals surface area contributed by atoms with Crippen LogP contribution in [0.3, 0.4) is 0 Å². The first-order valence-corrected chi connectivity index (χ1v) is 3.98. The van der Waals surface area contributed by atoms with Gasteiger partial charge in [0.25, 0.3) is 5.89 Å². The Labute approximate surface area is 76.4 Å². The number of aryl methyl sites for hydroxylation is 1. The van der Waals surface area contributed by atoms with Gasteiger partial charge in [-0.15, -0.1) is 0 Å². The van der Waals surface area contributed by atoms with Gasteiger partial charge in [0.05, 0.1) is 0 Å². The summed E-state index contributed by atoms with van der Waals surface area (Å²) in [6.07, 6.45) is 0. The molecule has 0 amide bonds. The lowest BCUT2D eigenvalue weighted by Gasteiger charge is -1.94. The highest BCUT2D eigenvalue weighted by Gasteiger charge is 2.04. The Bertz CT molecular complexity index is 420. The first-order chi connectivity index (χ1) is 6.25. The molecule has 0 aliphatic carbocycles. The zero-order chi connectivity index (χ0) is 9.26. The van der Waals surface area contributed by atoms with Gasteiger partial charge >= 0.3 is 0 Å². The zero-order valence-corrected chi connectivity index (χ0v) is 7.32. The van der Waals surface area contributed by atoms with Crippen LogP contribution in [0.25, 0.3) is 11.5 Å². The van der Waals surface area contributed by atoms with Gasteiger partial charge in [-0.1, -0.05) is 17.3 Å². The number of hydrogen-bond acceptors (Lipinski definition) is 3. The molecule has 13 heavy (non-hydrogen) atoms. The molecule has 1 heterocycles. The van der Waals surface area contributed by atoms with Crippen molar-refractivity contribution in [3.8, 4) is 11.5 Å². The number of benzene rings is 1. The highest BCUT2D eigenvalue weighted by atomic mass is 16.5. The third kappa shape index (κ3) is 1.59. The number of hydrogen-bond donors (Lipinski definition) is 0. The predicted octanol–water partition coefficient (Wildman–Crippen LogP) is 2.23. The van der Waals surface area contributed by atoms with E-state index in [4.69, 9.17) is 4.52 Å². The summed E-state index contributed by atoms with van der Waals surface area (Å²) in [6.45, 7) is 5.62. The Morgan fingerprint density at radius 3 is 2.85 bits per heavy atom. The lowest BCUT2D eigenvalue weighted by Crippen LogP contribution is -1.79. The molecule has 65 valence electrons. The normalized spacial score (nSPS) is 10.3. The minimum absolute atomic E-state index is 0.544. The fourth-order valence-corrected chi connectivity index (χ4v) is 1.12. The van der Waals surface area contributed by atoms with Crippen LogP contribution in [0.15, 0.2) is 28.8 Å². The quantitative estimate of drug-likeness (QED) is 0.663. The van der Waals surface area contributed by atoms with Gasteiger partial charge in [-0.25, -0.2) is 0 Å². The Balaban J connectivity index is 2.46. The van der Waals surface area contributed by atoms with Gasteiger partial charge in [-0.3, -0.25) is 0 Å². The van der Waals surface area contributed by atoms with Crippen molar-refractivity contribution in [3.05, 3.63) is 42.6 Å². The van der Waals surface area contributed by atoms with Crippen molar-refractivity contribution >= 4 is 0 Å². The molecule has 2 aromatic rings. The Morgan fingerprint density at radius 1 is 1.38 bits per heavy atom. The molecule has 1 radical (unpaired) electrons. The van der Waals surface area contributed by atoms with E-state index in [0.717, 1.165) is 11.1 Å². The van der Waals surface area contributed by atoms with E-state index >= 15 is 0 Å². The molecule has 0 saturated carbocycles. The third-order valence-electron chi connectivity index (χ3n) is 1.70. The molecule has 3 nitrogen and oxygen atoms in total. The third-order valence-corrected chi connectivity index (χ3v) is 1.70. The summed E-state index contributed by atoms with van der Waals surface area (Å²) in [6, 6.07) is 7.67. The van der Waals surface area contributed by atoms with E-state index < -0.39 is 0 Å². The first kappa shape index (κ1) is 7.98. The summed E-state index contributed by atoms with van der Waals surface area (Å²) in [4.78, 5) is 4.12. The smallest absolute Gasteiger partial charge is 0.257 e. The van der Waals surface area contributed by atoms with Crippen molar-refractivity contribution in [1.82, 2.24) is 10.1 Å². The SMILES string of the molecule is [CH2]c1cccc(-c2nc(C)no2)c1. The van der Waals surface area contributed by atoms with Crippen LogP contribution in [-0.2, 0) is 0 Å². The lowest BCUT2D eigenvalue weighted by atomic mass is 10.1. The molecule has 0 unspecified atom stereocenters. The van der Waals surface area contributed by atoms with Gasteiger partial charge in [0, 0.05) is 5.56 Å². The number of nitrogens with zero attached hydrogens (tertiary/aromatic N) is 2. The summed E-state index contributed by atoms with van der Waals surface area (Å²) in [7, 11) is 0. The summed E-state index contributed by atoms with van der Waals surface area (Å²) in [5, 5.41) is 3.72. The second kappa shape index (κ2) is 3.01. The molecule has 2 rings (SSSR count). The van der Waals surface area contributed by atoms with Crippen LogP contribution >= 0.6 is 0 Å². The molecule has 0 bridgehead atoms. The van der Waals surface area contributed by atoms with E-state index in [-0.39, 0.29) is 0 Å². The van der Waals surface area contributed by atoms with Gasteiger partial charge in [-0.2, -0.15) is 4.98 Å². The molecule has 0 fully saturated rings. The van der Waals surface area contributed by atoms with Gasteiger partial charge in [-0.05, 0) is 31.5 Å². The monoisotopic (exact) mass is 173 g/mol. The van der Waals surface area contributed by atoms with Crippen molar-refractivity contribution < 1.29 is 4.52 Å². The van der Waals surface area contributed by atoms with Crippen molar-refractivity contribution in [2.75, 3.05) is 0 Å². The van der Waals surface area contributed by atoms with Crippen LogP contribution in [-0.4, -0.2) is 10.1 Å². The summed E-state index contributed by atoms with van der Waals surface area (Å²) >= 11 is 0. The minimum Gasteiger partial charge on any atom is -0.334 e. The highest BCUT2D eigenvalue weighted by molar-refractivity contribution is 5.54. The topological polar surface area (TPSA) is 38.9 Å². The Hall–Kier alpha value is -1.64. The molecule has 0 spiro atoms. The average molecular weight is 173 g/mol. The van der Waals surface area contributed by atoms with Crippen molar-refractivity contribution in [3.63, 3.8) is 0 Å². The van der Waals surface area contributed by atoms with Crippen LogP contribution < -0.4 is 0 Å². The van der Waals surface area contributed by atoms with Crippen LogP contribution in [0.2, 0.25) is 0 Å². The van der Waals surface area contributed by atoms with Crippen molar-refractivity contribution in [1.29, 1.82) is 0 Å². The van der Waals surface area contributed by atoms with Gasteiger partial charge in [0.15, 0.2) is 5.82 Å². The molecule has 1 aromatic heterocycles. The largest absolute Gasteiger partial charge is 0.334 e. The highest BCUT2D eigenvalue weighted by Crippen LogP contribution is 2.17. The second-order valence-corrected chi connectivity index (χ2v) is 2.85. The van der Waals surface area contributed by atoms with E-state index in [9.17, 15) is 0 Å². The van der Waals surface area contributed by atoms with Crippen LogP contribution in [0.1, 0.15) is 11.4 Å². The van der Waals surface area contributed by atoms with E-state index in [1.54, 1.807) is 6.92 Å². The molecular formula is C10H9N2O. The maximum Gasteiger partial charge on any atom is 0.257 e. The fraction of sp³-hybridized carbons (Fsp3) is 0.100. The fourth-order valence-electron chi connectivity index (χ4n) is 1.12. The first-order valence-electron chi connectivity index (χ1n) is 3.98. The summed E-state index contributed by atoms with van der Waals surface area (Å²) in [5.74, 6) is 1.19. The molecule has 0 atom stereocenters. The Morgan fingerprint density at radius 2 is 2.23 bits per heavy atom. The molecule has 3 heteroatoms. The summed E-state index contributed by atoms with van der Waals surface area (Å²) in [5.41, 5.74) is 1.85. The minimum atomic E-state index is 0.544. The maximum absolute atomic E-state index is 5.02. The molecule has 1 aromatic carbocycles. The number of rotatable bonds is 1. The van der Waals surface area contributed by atoms with Crippen LogP contribution in [0, 0.1) is 13.8 Å². The molecular weight excluding hydrogens is 164 g/mol. The Kier molecular flexibility index (Phi) is 1.85. The molecule has 0 saturated heterocycles. The standard InChI is InChI=1S/C10H9N2O/c1-7-4-3-5-9(6-7)10-11-8(2)12-13-10/h3-6H,1H2,2H3. The molecule has 0 N–H and O–H groups in total. The van der Waals surface area contributed by atoms with Gasteiger partial charge in [0.1, 0.15) is 0 Å². The van der Waals surface area contributed by atoms with Gasteiger partial charge < -0.3 is 4.52 Å². The van der Waals surface area contributed by atoms with Crippen LogP contribution in [0.4, 0.5) is 0 Å². The second-order valence-electron chi connectivity index (χ2n) is 2.85. The molecule has 0 aliphatic rings. The predicted molar refractivity (Wildman–Crippen MR) is 48.9 cm³/mol. The van der Waals surface area contributed by atoms with E-state index in [1.807, 2.05) is 24.3 Å². The molecule has 0 aliphatic heterocycles. The van der Waals surface area contributed by atoms with Crippen LogP contribution in [0.5, 0.6) is 0 Å². The number of aromatic nitrogens is 2. The van der Waals surface area contributed by atoms with E-state index in [0.29, 0.717) is 11.7 Å².